The lowest BCUT2D eigenvalue weighted by molar-refractivity contribution is 0.472. The summed E-state index contributed by atoms with van der Waals surface area (Å²) in [5, 5.41) is 1.27. The maximum Gasteiger partial charge on any atom is 0.187 e. The fourth-order valence-electron chi connectivity index (χ4n) is 1.63. The molecule has 1 aliphatic rings. The zero-order valence-corrected chi connectivity index (χ0v) is 10.9. The summed E-state index contributed by atoms with van der Waals surface area (Å²) in [7, 11) is 0. The number of thioether (sulfide) groups is 1. The van der Waals surface area contributed by atoms with E-state index in [1.807, 2.05) is 6.26 Å². The average molecular weight is 269 g/mol. The molecule has 1 aromatic heterocycles. The molecule has 90 valence electrons. The van der Waals surface area contributed by atoms with Gasteiger partial charge in [0.2, 0.25) is 0 Å². The van der Waals surface area contributed by atoms with Crippen LogP contribution in [0.15, 0.2) is 40.7 Å². The zero-order chi connectivity index (χ0) is 12.5. The molecule has 0 spiro atoms. The monoisotopic (exact) mass is 268 g/mol. The Morgan fingerprint density at radius 3 is 2.94 bits per heavy atom. The SMILES string of the molecule is CSc1nccc(C2(N)C=CC(Cl)=CC2N)n1. The molecule has 0 aromatic carbocycles. The topological polar surface area (TPSA) is 77.8 Å². The van der Waals surface area contributed by atoms with E-state index in [2.05, 4.69) is 9.97 Å². The van der Waals surface area contributed by atoms with E-state index in [0.717, 1.165) is 0 Å². The Morgan fingerprint density at radius 2 is 2.29 bits per heavy atom. The molecule has 17 heavy (non-hydrogen) atoms. The van der Waals surface area contributed by atoms with Crippen LogP contribution < -0.4 is 11.5 Å². The lowest BCUT2D eigenvalue weighted by atomic mass is 9.84. The van der Waals surface area contributed by atoms with Crippen LogP contribution in [0.1, 0.15) is 5.69 Å². The van der Waals surface area contributed by atoms with Gasteiger partial charge in [-0.1, -0.05) is 29.4 Å². The summed E-state index contributed by atoms with van der Waals surface area (Å²) in [6.07, 6.45) is 8.85. The molecule has 1 aromatic rings. The molecule has 0 radical (unpaired) electrons. The molecule has 1 heterocycles. The number of rotatable bonds is 2. The Hall–Kier alpha value is -0.880. The van der Waals surface area contributed by atoms with Gasteiger partial charge in [-0.25, -0.2) is 9.97 Å². The summed E-state index contributed by atoms with van der Waals surface area (Å²) >= 11 is 7.35. The second-order valence-corrected chi connectivity index (χ2v) is 4.98. The van der Waals surface area contributed by atoms with E-state index in [9.17, 15) is 0 Å². The summed E-state index contributed by atoms with van der Waals surface area (Å²) < 4.78 is 0. The van der Waals surface area contributed by atoms with Gasteiger partial charge in [-0.05, 0) is 24.5 Å². The number of allylic oxidation sites excluding steroid dienone is 2. The maximum absolute atomic E-state index is 6.30. The van der Waals surface area contributed by atoms with Crippen molar-refractivity contribution in [2.75, 3.05) is 6.26 Å². The van der Waals surface area contributed by atoms with Crippen molar-refractivity contribution in [3.8, 4) is 0 Å². The Bertz CT molecular complexity index is 488. The van der Waals surface area contributed by atoms with Gasteiger partial charge in [-0.2, -0.15) is 0 Å². The van der Waals surface area contributed by atoms with Crippen LogP contribution >= 0.6 is 23.4 Å². The number of nitrogens with zero attached hydrogens (tertiary/aromatic N) is 2. The van der Waals surface area contributed by atoms with Crippen LogP contribution in [-0.4, -0.2) is 22.3 Å². The summed E-state index contributed by atoms with van der Waals surface area (Å²) in [5.41, 5.74) is 12.2. The molecule has 4 N–H and O–H groups in total. The maximum atomic E-state index is 6.30. The molecule has 6 heteroatoms. The molecule has 2 rings (SSSR count). The third-order valence-electron chi connectivity index (χ3n) is 2.67. The van der Waals surface area contributed by atoms with Gasteiger partial charge in [0.25, 0.3) is 0 Å². The van der Waals surface area contributed by atoms with Crippen molar-refractivity contribution in [3.05, 3.63) is 41.2 Å². The summed E-state index contributed by atoms with van der Waals surface area (Å²) in [4.78, 5) is 8.50. The number of hydrogen-bond acceptors (Lipinski definition) is 5. The molecule has 0 saturated carbocycles. The van der Waals surface area contributed by atoms with Crippen LogP contribution in [0, 0.1) is 0 Å². The normalized spacial score (nSPS) is 28.0. The standard InChI is InChI=1S/C11H13ClN4S/c1-17-10-15-5-3-9(16-10)11(14)4-2-7(12)6-8(11)13/h2-6,8H,13-14H2,1H3. The van der Waals surface area contributed by atoms with E-state index >= 15 is 0 Å². The van der Waals surface area contributed by atoms with Gasteiger partial charge in [0.15, 0.2) is 5.16 Å². The van der Waals surface area contributed by atoms with Gasteiger partial charge in [-0.3, -0.25) is 0 Å². The van der Waals surface area contributed by atoms with E-state index in [4.69, 9.17) is 23.1 Å². The highest BCUT2D eigenvalue weighted by molar-refractivity contribution is 7.98. The highest BCUT2D eigenvalue weighted by Crippen LogP contribution is 2.28. The molecular weight excluding hydrogens is 256 g/mol. The van der Waals surface area contributed by atoms with E-state index in [-0.39, 0.29) is 0 Å². The Labute approximate surface area is 109 Å². The van der Waals surface area contributed by atoms with Gasteiger partial charge >= 0.3 is 0 Å². The third-order valence-corrected chi connectivity index (χ3v) is 3.48. The van der Waals surface area contributed by atoms with Gasteiger partial charge in [0, 0.05) is 11.2 Å². The number of hydrogen-bond donors (Lipinski definition) is 2. The first kappa shape index (κ1) is 12.6. The molecule has 0 saturated heterocycles. The summed E-state index contributed by atoms with van der Waals surface area (Å²) in [5.74, 6) is 0. The van der Waals surface area contributed by atoms with Crippen molar-refractivity contribution in [1.29, 1.82) is 0 Å². The van der Waals surface area contributed by atoms with Crippen LogP contribution in [0.25, 0.3) is 0 Å². The Kier molecular flexibility index (Phi) is 3.53. The van der Waals surface area contributed by atoms with Crippen LogP contribution in [0.3, 0.4) is 0 Å². The highest BCUT2D eigenvalue weighted by Gasteiger charge is 2.34. The lowest BCUT2D eigenvalue weighted by Gasteiger charge is -2.32. The lowest BCUT2D eigenvalue weighted by Crippen LogP contribution is -2.51. The van der Waals surface area contributed by atoms with Crippen LogP contribution in [-0.2, 0) is 5.54 Å². The largest absolute Gasteiger partial charge is 0.322 e. The van der Waals surface area contributed by atoms with E-state index in [1.54, 1.807) is 30.5 Å². The predicted molar refractivity (Wildman–Crippen MR) is 70.7 cm³/mol. The summed E-state index contributed by atoms with van der Waals surface area (Å²) in [6, 6.07) is 1.38. The Balaban J connectivity index is 2.42. The minimum atomic E-state index is -0.828. The van der Waals surface area contributed by atoms with Gasteiger partial charge in [0.05, 0.1) is 17.3 Å². The van der Waals surface area contributed by atoms with E-state index in [0.29, 0.717) is 15.9 Å². The van der Waals surface area contributed by atoms with E-state index in [1.165, 1.54) is 11.8 Å². The first-order valence-electron chi connectivity index (χ1n) is 5.05. The molecule has 0 bridgehead atoms. The van der Waals surface area contributed by atoms with E-state index < -0.39 is 11.6 Å². The Morgan fingerprint density at radius 1 is 1.53 bits per heavy atom. The number of aromatic nitrogens is 2. The predicted octanol–water partition coefficient (Wildman–Crippen LogP) is 1.37. The molecule has 2 atom stereocenters. The van der Waals surface area contributed by atoms with Gasteiger partial charge < -0.3 is 11.5 Å². The minimum Gasteiger partial charge on any atom is -0.322 e. The first-order chi connectivity index (χ1) is 8.06. The fraction of sp³-hybridized carbons (Fsp3) is 0.273. The van der Waals surface area contributed by atoms with Crippen molar-refractivity contribution in [2.45, 2.75) is 16.7 Å². The van der Waals surface area contributed by atoms with Crippen LogP contribution in [0.5, 0.6) is 0 Å². The van der Waals surface area contributed by atoms with Crippen molar-refractivity contribution in [2.24, 2.45) is 11.5 Å². The second kappa shape index (κ2) is 4.78. The van der Waals surface area contributed by atoms with Crippen molar-refractivity contribution in [3.63, 3.8) is 0 Å². The fourth-order valence-corrected chi connectivity index (χ4v) is 2.18. The zero-order valence-electron chi connectivity index (χ0n) is 9.30. The summed E-state index contributed by atoms with van der Waals surface area (Å²) in [6.45, 7) is 0. The van der Waals surface area contributed by atoms with Gasteiger partial charge in [0.1, 0.15) is 0 Å². The van der Waals surface area contributed by atoms with Crippen molar-refractivity contribution < 1.29 is 0 Å². The molecule has 0 amide bonds. The van der Waals surface area contributed by atoms with Gasteiger partial charge in [-0.15, -0.1) is 0 Å². The molecule has 2 unspecified atom stereocenters. The molecule has 1 aliphatic carbocycles. The molecule has 4 nitrogen and oxygen atoms in total. The van der Waals surface area contributed by atoms with Crippen LogP contribution in [0.2, 0.25) is 0 Å². The highest BCUT2D eigenvalue weighted by atomic mass is 35.5. The number of halogens is 1. The van der Waals surface area contributed by atoms with Crippen molar-refractivity contribution in [1.82, 2.24) is 9.97 Å². The average Bonchev–Trinajstić information content (AvgIpc) is 2.34. The minimum absolute atomic E-state index is 0.399. The molecular formula is C11H13ClN4S. The second-order valence-electron chi connectivity index (χ2n) is 3.77. The quantitative estimate of drug-likeness (QED) is 0.626. The third kappa shape index (κ3) is 2.37. The first-order valence-corrected chi connectivity index (χ1v) is 6.65. The molecule has 0 fully saturated rings. The molecule has 0 aliphatic heterocycles. The van der Waals surface area contributed by atoms with Crippen molar-refractivity contribution >= 4 is 23.4 Å². The number of nitrogens with two attached hydrogens (primary N) is 2. The van der Waals surface area contributed by atoms with Crippen LogP contribution in [0.4, 0.5) is 0 Å². The smallest absolute Gasteiger partial charge is 0.187 e.